The number of amides is 12. The van der Waals surface area contributed by atoms with Crippen LogP contribution in [0.1, 0.15) is 457 Å². The normalized spacial score (nSPS) is 14.5. The van der Waals surface area contributed by atoms with E-state index in [0.29, 0.717) is 160 Å². The number of fused-ring (bicyclic) bond motifs is 6. The Morgan fingerprint density at radius 3 is 0.781 bits per heavy atom. The zero-order valence-corrected chi connectivity index (χ0v) is 95.3. The molecule has 6 aliphatic rings. The molecule has 6 aromatic carbocycles. The molecule has 6 aliphatic heterocycles. The standard InChI is InChI=1S/C66H73N5O8S2.C26H29BrN2O4.C15H18NS2.3C4H9.CH4.Sn/c1-6-11-16-21-30-67-47-37-49(43-35-45-51-39(59(72)68(63(45)76)31-22-17-12-7-2)26-28-41-53(51)55(43)65(78)70(61(41)74)33-24-19-14-9-4)80-57(47)58-48(67)38-50(81-58)44-36-46-52-40(60(73)69(64(46)77)32-23-18-13-8-3)27-29-42-54(52)56(44)66(79)71(62(42)75)34-25-20-15-10-5;1-3-5-7-9-13-28-23(30)16-11-12-17-21-20(16)18(25(28)32)15-19(27)22(21)26(33)29(24(17)31)14-10-8-6-4-2;1-3-4-5-6-8-16-12-7-9-17-14(12)15-13(16)10-11(2)18-15;3*1-3-4-2;;/h26-29,35-38H,6-25,30-34H2,1-5H3;11-12,15H,3-10,13-14H2,1-2H3;7,10H,3-6,8H2,1-2H3;3*1,3-4H2,2H3;1H4;. The second kappa shape index (κ2) is 50.0. The van der Waals surface area contributed by atoms with E-state index in [0.717, 1.165) is 184 Å². The monoisotopic (exact) mass is 2220 g/mol. The van der Waals surface area contributed by atoms with E-state index in [1.807, 2.05) is 14.2 Å². The molecular weight excluding hydrogens is 2070 g/mol. The SMILES string of the molecule is C.CCCCCCN1C(=O)c2ccc3c4c(c(-c5cc6c(s5)c5sc(-c7cc8c9c(ccc%10c9c7C(=O)N(CCCCCC)C%10=O)C(=O)N(CCCCCC)C8=O)cc5n6CCCCCC)cc(c24)C1=O)C(=O)N(CCCCCC)C3=O.CCCCCCN1C(=O)c2ccc3c4c(c(Br)cc(c24)C1=O)C(=O)N(CCCCCC)C3=O.CCCCCCn1c2cc(C)sc2c2s[c]([Sn]([CH2]CCC)([CH2]CCC)[CH2]CCC)cc21. The van der Waals surface area contributed by atoms with Gasteiger partial charge in [-0.15, -0.1) is 22.7 Å². The first-order chi connectivity index (χ1) is 70.4. The fourth-order valence-corrected chi connectivity index (χ4v) is 47.5. The van der Waals surface area contributed by atoms with Crippen molar-refractivity contribution in [3.63, 3.8) is 0 Å². The Balaban J connectivity index is 0.000000201. The molecule has 0 saturated heterocycles. The van der Waals surface area contributed by atoms with Gasteiger partial charge in [0.05, 0.1) is 37.1 Å². The van der Waals surface area contributed by atoms with E-state index in [-0.39, 0.29) is 57.2 Å². The summed E-state index contributed by atoms with van der Waals surface area (Å²) in [5.74, 6) is -4.90. The van der Waals surface area contributed by atoms with Crippen LogP contribution in [-0.2, 0) is 13.1 Å². The van der Waals surface area contributed by atoms with Crippen LogP contribution in [0, 0.1) is 6.92 Å². The third kappa shape index (κ3) is 21.5. The summed E-state index contributed by atoms with van der Waals surface area (Å²) >= 11 is 8.44. The van der Waals surface area contributed by atoms with Crippen LogP contribution in [0.5, 0.6) is 0 Å². The Labute approximate surface area is 891 Å². The second-order valence-corrected chi connectivity index (χ2v) is 60.6. The van der Waals surface area contributed by atoms with Crippen LogP contribution in [0.3, 0.4) is 0 Å². The Hall–Kier alpha value is -9.38. The number of aryl methyl sites for hydroxylation is 3. The molecule has 0 N–H and O–H groups in total. The first-order valence-electron chi connectivity index (χ1n) is 55.2. The van der Waals surface area contributed by atoms with E-state index in [1.54, 1.807) is 82.8 Å². The zero-order valence-electron chi connectivity index (χ0n) is 87.6. The molecule has 20 nitrogen and oxygen atoms in total. The van der Waals surface area contributed by atoms with Crippen LogP contribution in [0.25, 0.3) is 94.1 Å². The van der Waals surface area contributed by atoms with Crippen LogP contribution in [0.2, 0.25) is 13.3 Å². The van der Waals surface area contributed by atoms with Gasteiger partial charge in [0.2, 0.25) is 0 Å². The topological polar surface area (TPSA) is 234 Å². The summed E-state index contributed by atoms with van der Waals surface area (Å²) in [6.07, 6.45) is 39.4. The number of hydrogen-bond donors (Lipinski definition) is 0. The first kappa shape index (κ1) is 111. The molecule has 0 saturated carbocycles. The third-order valence-corrected chi connectivity index (χ3v) is 54.6. The number of halogens is 1. The minimum absolute atomic E-state index is 0. The van der Waals surface area contributed by atoms with Crippen molar-refractivity contribution in [2.45, 2.75) is 361 Å². The van der Waals surface area contributed by atoms with Gasteiger partial charge in [-0.1, -0.05) is 191 Å². The van der Waals surface area contributed by atoms with Gasteiger partial charge in [0.15, 0.2) is 0 Å². The number of carbonyl (C=O) groups is 12. The summed E-state index contributed by atoms with van der Waals surface area (Å²) in [5, 5.41) is 2.27. The maximum atomic E-state index is 15.2. The average Bonchev–Trinajstić information content (AvgIpc) is 1.63. The molecule has 18 rings (SSSR count). The summed E-state index contributed by atoms with van der Waals surface area (Å²) in [5.41, 5.74) is 9.99. The van der Waals surface area contributed by atoms with Crippen molar-refractivity contribution in [1.82, 2.24) is 38.5 Å². The summed E-state index contributed by atoms with van der Waals surface area (Å²) in [6.45, 7) is 30.2. The fraction of sp³-hybridized carbons (Fsp3) is 0.517. The summed E-state index contributed by atoms with van der Waals surface area (Å²) in [7, 11) is 0. The van der Waals surface area contributed by atoms with Crippen molar-refractivity contribution < 1.29 is 57.5 Å². The van der Waals surface area contributed by atoms with Crippen LogP contribution in [-0.4, -0.2) is 167 Å². The number of benzene rings is 6. The molecule has 0 unspecified atom stereocenters. The Morgan fingerprint density at radius 2 is 0.473 bits per heavy atom. The van der Waals surface area contributed by atoms with Gasteiger partial charge in [-0.05, 0) is 128 Å². The maximum absolute atomic E-state index is 15.2. The number of rotatable bonds is 52. The van der Waals surface area contributed by atoms with Gasteiger partial charge < -0.3 is 4.57 Å². The molecular formula is C120H151BrN8O12S4Sn. The summed E-state index contributed by atoms with van der Waals surface area (Å²) < 4.78 is 17.2. The van der Waals surface area contributed by atoms with Gasteiger partial charge in [-0.3, -0.25) is 86.9 Å². The van der Waals surface area contributed by atoms with Crippen LogP contribution < -0.4 is 2.89 Å². The van der Waals surface area contributed by atoms with E-state index >= 15 is 9.59 Å². The van der Waals surface area contributed by atoms with Crippen molar-refractivity contribution in [3.8, 4) is 20.9 Å². The van der Waals surface area contributed by atoms with Gasteiger partial charge in [-0.2, -0.15) is 0 Å². The molecule has 0 bridgehead atoms. The van der Waals surface area contributed by atoms with E-state index < -0.39 is 65.6 Å². The van der Waals surface area contributed by atoms with Gasteiger partial charge in [-0.25, -0.2) is 0 Å². The molecule has 12 amide bonds. The molecule has 0 spiro atoms. The molecule has 26 heteroatoms. The molecule has 0 atom stereocenters. The molecule has 12 heterocycles. The van der Waals surface area contributed by atoms with Crippen molar-refractivity contribution >= 4 is 227 Å². The van der Waals surface area contributed by atoms with E-state index in [9.17, 15) is 47.9 Å². The Morgan fingerprint density at radius 1 is 0.233 bits per heavy atom. The van der Waals surface area contributed by atoms with Crippen LogP contribution >= 0.6 is 61.3 Å². The number of thiophene rings is 4. The number of hydrogen-bond acceptors (Lipinski definition) is 16. The molecule has 0 aliphatic carbocycles. The quantitative estimate of drug-likeness (QED) is 0.0197. The molecule has 778 valence electrons. The molecule has 6 aromatic heterocycles. The fourth-order valence-electron chi connectivity index (χ4n) is 23.0. The molecule has 12 aromatic rings. The van der Waals surface area contributed by atoms with Crippen molar-refractivity contribution in [1.29, 1.82) is 0 Å². The van der Waals surface area contributed by atoms with E-state index in [4.69, 9.17) is 0 Å². The summed E-state index contributed by atoms with van der Waals surface area (Å²) in [4.78, 5) is 182. The van der Waals surface area contributed by atoms with Crippen LogP contribution in [0.15, 0.2) is 83.3 Å². The van der Waals surface area contributed by atoms with Gasteiger partial charge >= 0.3 is 205 Å². The van der Waals surface area contributed by atoms with Crippen molar-refractivity contribution in [3.05, 3.63) is 155 Å². The number of aromatic nitrogens is 2. The minimum atomic E-state index is -2.35. The van der Waals surface area contributed by atoms with Gasteiger partial charge in [0.25, 0.3) is 70.9 Å². The van der Waals surface area contributed by atoms with E-state index in [2.05, 4.69) is 144 Å². The Kier molecular flexibility index (Phi) is 38.0. The molecule has 0 radical (unpaired) electrons. The van der Waals surface area contributed by atoms with Gasteiger partial charge in [0.1, 0.15) is 0 Å². The summed E-state index contributed by atoms with van der Waals surface area (Å²) in [6, 6.07) is 24.5. The second-order valence-electron chi connectivity index (χ2n) is 41.2. The predicted octanol–water partition coefficient (Wildman–Crippen LogP) is 32.3. The average molecular weight is 2220 g/mol. The molecule has 0 fully saturated rings. The molecule has 146 heavy (non-hydrogen) atoms. The number of carbonyl (C=O) groups excluding carboxylic acids is 12. The van der Waals surface area contributed by atoms with E-state index in [1.165, 1.54) is 133 Å². The van der Waals surface area contributed by atoms with Gasteiger partial charge in [0, 0.05) is 154 Å². The predicted molar refractivity (Wildman–Crippen MR) is 609 cm³/mol. The van der Waals surface area contributed by atoms with Crippen molar-refractivity contribution in [2.24, 2.45) is 0 Å². The number of unbranched alkanes of at least 4 members (excludes halogenated alkanes) is 27. The van der Waals surface area contributed by atoms with Crippen LogP contribution in [0.4, 0.5) is 0 Å². The Bertz CT molecular complexity index is 6740. The zero-order chi connectivity index (χ0) is 103. The van der Waals surface area contributed by atoms with Crippen molar-refractivity contribution in [2.75, 3.05) is 39.3 Å². The number of nitrogens with zero attached hydrogens (tertiary/aromatic N) is 8. The first-order valence-corrected chi connectivity index (χ1v) is 66.8. The number of imide groups is 6. The third-order valence-electron chi connectivity index (χ3n) is 31.0.